The Morgan fingerprint density at radius 3 is 2.24 bits per heavy atom. The van der Waals surface area contributed by atoms with Crippen molar-refractivity contribution in [3.63, 3.8) is 0 Å². The summed E-state index contributed by atoms with van der Waals surface area (Å²) in [5.74, 6) is 0.878. The van der Waals surface area contributed by atoms with Gasteiger partial charge >= 0.3 is 0 Å². The van der Waals surface area contributed by atoms with Gasteiger partial charge in [-0.2, -0.15) is 0 Å². The Labute approximate surface area is 106 Å². The largest absolute Gasteiger partial charge is 0.497 e. The second kappa shape index (κ2) is 5.15. The molecule has 2 N–H and O–H groups in total. The predicted molar refractivity (Wildman–Crippen MR) is 72.7 cm³/mol. The van der Waals surface area contributed by atoms with Crippen LogP contribution in [-0.2, 0) is 0 Å². The second-order valence-electron chi connectivity index (χ2n) is 3.80. The third-order valence-electron chi connectivity index (χ3n) is 2.54. The molecular formula is C14H15NOS. The van der Waals surface area contributed by atoms with Crippen molar-refractivity contribution in [3.05, 3.63) is 48.0 Å². The molecule has 0 saturated heterocycles. The van der Waals surface area contributed by atoms with E-state index in [0.717, 1.165) is 17.0 Å². The summed E-state index contributed by atoms with van der Waals surface area (Å²) < 4.78 is 5.13. The zero-order chi connectivity index (χ0) is 12.3. The van der Waals surface area contributed by atoms with Crippen LogP contribution in [0.25, 0.3) is 0 Å². The third kappa shape index (κ3) is 2.94. The number of hydrogen-bond acceptors (Lipinski definition) is 3. The number of aryl methyl sites for hydroxylation is 1. The van der Waals surface area contributed by atoms with Crippen molar-refractivity contribution in [1.82, 2.24) is 0 Å². The molecule has 0 saturated carbocycles. The lowest BCUT2D eigenvalue weighted by Gasteiger charge is -2.05. The molecule has 0 spiro atoms. The van der Waals surface area contributed by atoms with Crippen LogP contribution in [0, 0.1) is 6.92 Å². The minimum absolute atomic E-state index is 0.837. The van der Waals surface area contributed by atoms with Gasteiger partial charge in [0.2, 0.25) is 0 Å². The van der Waals surface area contributed by atoms with Gasteiger partial charge in [-0.1, -0.05) is 11.8 Å². The molecule has 0 amide bonds. The highest BCUT2D eigenvalue weighted by Gasteiger charge is 2.00. The van der Waals surface area contributed by atoms with Crippen molar-refractivity contribution in [3.8, 4) is 5.75 Å². The molecule has 2 aromatic rings. The Balaban J connectivity index is 2.16. The Morgan fingerprint density at radius 2 is 1.65 bits per heavy atom. The van der Waals surface area contributed by atoms with Crippen molar-refractivity contribution >= 4 is 17.4 Å². The Morgan fingerprint density at radius 1 is 1.00 bits per heavy atom. The van der Waals surface area contributed by atoms with Gasteiger partial charge in [0.05, 0.1) is 7.11 Å². The predicted octanol–water partition coefficient (Wildman–Crippen LogP) is 3.74. The summed E-state index contributed by atoms with van der Waals surface area (Å²) in [4.78, 5) is 2.39. The molecule has 3 heteroatoms. The lowest BCUT2D eigenvalue weighted by Crippen LogP contribution is -1.88. The maximum atomic E-state index is 5.79. The summed E-state index contributed by atoms with van der Waals surface area (Å²) in [5.41, 5.74) is 7.75. The molecule has 2 aromatic carbocycles. The van der Waals surface area contributed by atoms with Crippen molar-refractivity contribution in [2.45, 2.75) is 16.7 Å². The zero-order valence-corrected chi connectivity index (χ0v) is 10.8. The fourth-order valence-electron chi connectivity index (χ4n) is 1.49. The zero-order valence-electron chi connectivity index (χ0n) is 9.94. The third-order valence-corrected chi connectivity index (χ3v) is 3.53. The first-order valence-electron chi connectivity index (χ1n) is 5.37. The van der Waals surface area contributed by atoms with E-state index in [0.29, 0.717) is 0 Å². The van der Waals surface area contributed by atoms with Crippen LogP contribution >= 0.6 is 11.8 Å². The summed E-state index contributed by atoms with van der Waals surface area (Å²) in [6.45, 7) is 2.02. The molecule has 0 heterocycles. The van der Waals surface area contributed by atoms with Gasteiger partial charge in [0, 0.05) is 15.5 Å². The van der Waals surface area contributed by atoms with Gasteiger partial charge in [0.25, 0.3) is 0 Å². The number of ether oxygens (including phenoxy) is 1. The van der Waals surface area contributed by atoms with Gasteiger partial charge in [-0.05, 0) is 55.0 Å². The van der Waals surface area contributed by atoms with E-state index in [2.05, 4.69) is 18.2 Å². The average Bonchev–Trinajstić information content (AvgIpc) is 2.35. The smallest absolute Gasteiger partial charge is 0.118 e. The summed E-state index contributed by atoms with van der Waals surface area (Å²) in [5, 5.41) is 0. The maximum absolute atomic E-state index is 5.79. The van der Waals surface area contributed by atoms with Gasteiger partial charge in [0.1, 0.15) is 5.75 Å². The molecule has 0 aliphatic heterocycles. The fourth-order valence-corrected chi connectivity index (χ4v) is 2.41. The molecule has 0 fully saturated rings. The summed E-state index contributed by atoms with van der Waals surface area (Å²) in [6, 6.07) is 14.1. The van der Waals surface area contributed by atoms with Gasteiger partial charge in [0.15, 0.2) is 0 Å². The molecule has 0 unspecified atom stereocenters. The topological polar surface area (TPSA) is 35.2 Å². The van der Waals surface area contributed by atoms with Gasteiger partial charge in [-0.25, -0.2) is 0 Å². The van der Waals surface area contributed by atoms with Crippen LogP contribution < -0.4 is 10.5 Å². The van der Waals surface area contributed by atoms with E-state index in [1.807, 2.05) is 31.2 Å². The summed E-state index contributed by atoms with van der Waals surface area (Å²) in [6.07, 6.45) is 0. The van der Waals surface area contributed by atoms with E-state index in [1.165, 1.54) is 9.79 Å². The Hall–Kier alpha value is -1.61. The van der Waals surface area contributed by atoms with Crippen molar-refractivity contribution in [2.24, 2.45) is 0 Å². The quantitative estimate of drug-likeness (QED) is 0.837. The van der Waals surface area contributed by atoms with Crippen LogP contribution in [0.15, 0.2) is 52.3 Å². The Kier molecular flexibility index (Phi) is 3.59. The number of benzene rings is 2. The van der Waals surface area contributed by atoms with Gasteiger partial charge in [-0.3, -0.25) is 0 Å². The summed E-state index contributed by atoms with van der Waals surface area (Å²) in [7, 11) is 1.67. The number of methoxy groups -OCH3 is 1. The standard InChI is InChI=1S/C14H15NOS/c1-10-9-13(7-8-14(10)15)17-12-5-3-11(16-2)4-6-12/h3-9H,15H2,1-2H3. The van der Waals surface area contributed by atoms with Crippen molar-refractivity contribution in [2.75, 3.05) is 12.8 Å². The van der Waals surface area contributed by atoms with Crippen LogP contribution in [0.1, 0.15) is 5.56 Å². The summed E-state index contributed by atoms with van der Waals surface area (Å²) >= 11 is 1.72. The average molecular weight is 245 g/mol. The maximum Gasteiger partial charge on any atom is 0.118 e. The molecule has 88 valence electrons. The molecule has 2 rings (SSSR count). The molecule has 0 aliphatic rings. The minimum atomic E-state index is 0.837. The monoisotopic (exact) mass is 245 g/mol. The highest BCUT2D eigenvalue weighted by Crippen LogP contribution is 2.30. The molecule has 2 nitrogen and oxygen atoms in total. The normalized spacial score (nSPS) is 10.2. The van der Waals surface area contributed by atoms with Crippen LogP contribution in [-0.4, -0.2) is 7.11 Å². The highest BCUT2D eigenvalue weighted by molar-refractivity contribution is 7.99. The number of nitrogen functional groups attached to an aromatic ring is 1. The molecule has 0 radical (unpaired) electrons. The number of rotatable bonds is 3. The first kappa shape index (κ1) is 11.9. The first-order valence-corrected chi connectivity index (χ1v) is 6.19. The van der Waals surface area contributed by atoms with Crippen LogP contribution in [0.3, 0.4) is 0 Å². The van der Waals surface area contributed by atoms with Crippen LogP contribution in [0.2, 0.25) is 0 Å². The number of anilines is 1. The number of nitrogens with two attached hydrogens (primary N) is 1. The molecule has 0 bridgehead atoms. The van der Waals surface area contributed by atoms with Gasteiger partial charge in [-0.15, -0.1) is 0 Å². The first-order chi connectivity index (χ1) is 8.19. The van der Waals surface area contributed by atoms with E-state index in [4.69, 9.17) is 10.5 Å². The fraction of sp³-hybridized carbons (Fsp3) is 0.143. The molecule has 0 aromatic heterocycles. The van der Waals surface area contributed by atoms with E-state index in [1.54, 1.807) is 18.9 Å². The molecule has 17 heavy (non-hydrogen) atoms. The van der Waals surface area contributed by atoms with E-state index in [-0.39, 0.29) is 0 Å². The Bertz CT molecular complexity index is 508. The molecule has 0 atom stereocenters. The van der Waals surface area contributed by atoms with Crippen LogP contribution in [0.4, 0.5) is 5.69 Å². The molecular weight excluding hydrogens is 230 g/mol. The lowest BCUT2D eigenvalue weighted by atomic mass is 10.2. The van der Waals surface area contributed by atoms with E-state index in [9.17, 15) is 0 Å². The minimum Gasteiger partial charge on any atom is -0.497 e. The lowest BCUT2D eigenvalue weighted by molar-refractivity contribution is 0.414. The van der Waals surface area contributed by atoms with Gasteiger partial charge < -0.3 is 10.5 Å². The number of hydrogen-bond donors (Lipinski definition) is 1. The highest BCUT2D eigenvalue weighted by atomic mass is 32.2. The van der Waals surface area contributed by atoms with E-state index >= 15 is 0 Å². The van der Waals surface area contributed by atoms with E-state index < -0.39 is 0 Å². The van der Waals surface area contributed by atoms with Crippen molar-refractivity contribution in [1.29, 1.82) is 0 Å². The SMILES string of the molecule is COc1ccc(Sc2ccc(N)c(C)c2)cc1. The van der Waals surface area contributed by atoms with Crippen molar-refractivity contribution < 1.29 is 4.74 Å². The molecule has 0 aliphatic carbocycles. The second-order valence-corrected chi connectivity index (χ2v) is 4.94. The van der Waals surface area contributed by atoms with Crippen LogP contribution in [0.5, 0.6) is 5.75 Å².